The molecule has 1 N–H and O–H groups in total. The summed E-state index contributed by atoms with van der Waals surface area (Å²) in [6, 6.07) is 2.86. The molecule has 1 aromatic rings. The van der Waals surface area contributed by atoms with Crippen molar-refractivity contribution in [2.45, 2.75) is 38.4 Å². The first-order chi connectivity index (χ1) is 9.35. The van der Waals surface area contributed by atoms with Crippen LogP contribution >= 0.6 is 0 Å². The van der Waals surface area contributed by atoms with Gasteiger partial charge in [0.1, 0.15) is 5.76 Å². The van der Waals surface area contributed by atoms with Crippen molar-refractivity contribution < 1.29 is 9.15 Å². The highest BCUT2D eigenvalue weighted by atomic mass is 16.5. The number of nitrogens with zero attached hydrogens (tertiary/aromatic N) is 1. The van der Waals surface area contributed by atoms with E-state index in [1.54, 1.807) is 7.11 Å². The Morgan fingerprint density at radius 1 is 1.42 bits per heavy atom. The van der Waals surface area contributed by atoms with Gasteiger partial charge in [-0.25, -0.2) is 0 Å². The molecule has 0 amide bonds. The van der Waals surface area contributed by atoms with E-state index in [0.717, 1.165) is 44.6 Å². The number of nitrogens with one attached hydrogen (secondary N) is 1. The molecule has 4 heteroatoms. The Morgan fingerprint density at radius 2 is 2.32 bits per heavy atom. The lowest BCUT2D eigenvalue weighted by atomic mass is 10.1. The van der Waals surface area contributed by atoms with Crippen molar-refractivity contribution in [3.05, 3.63) is 23.7 Å². The molecule has 0 bridgehead atoms. The summed E-state index contributed by atoms with van der Waals surface area (Å²) in [5.41, 5.74) is 1.32. The molecule has 1 aliphatic carbocycles. The molecule has 0 radical (unpaired) electrons. The minimum absolute atomic E-state index is 0.688. The third kappa shape index (κ3) is 3.59. The van der Waals surface area contributed by atoms with Gasteiger partial charge in [-0.15, -0.1) is 0 Å². The molecular formula is C15H24N2O2. The van der Waals surface area contributed by atoms with E-state index in [2.05, 4.69) is 16.3 Å². The molecule has 1 unspecified atom stereocenters. The lowest BCUT2D eigenvalue weighted by molar-refractivity contribution is 0.151. The fourth-order valence-electron chi connectivity index (χ4n) is 2.84. The number of ether oxygens (including phenoxy) is 1. The quantitative estimate of drug-likeness (QED) is 0.817. The van der Waals surface area contributed by atoms with Gasteiger partial charge in [0.2, 0.25) is 0 Å². The van der Waals surface area contributed by atoms with Crippen LogP contribution in [0.3, 0.4) is 0 Å². The maximum atomic E-state index is 5.66. The number of hydrogen-bond acceptors (Lipinski definition) is 4. The summed E-state index contributed by atoms with van der Waals surface area (Å²) in [7, 11) is 1.79. The molecule has 2 fully saturated rings. The molecule has 1 aromatic heterocycles. The second kappa shape index (κ2) is 6.07. The molecular weight excluding hydrogens is 240 g/mol. The number of likely N-dealkylation sites (tertiary alicyclic amines) is 1. The van der Waals surface area contributed by atoms with Crippen molar-refractivity contribution in [3.63, 3.8) is 0 Å². The van der Waals surface area contributed by atoms with Crippen LogP contribution in [0.4, 0.5) is 0 Å². The third-order valence-electron chi connectivity index (χ3n) is 4.14. The van der Waals surface area contributed by atoms with Crippen LogP contribution in [0, 0.1) is 5.92 Å². The van der Waals surface area contributed by atoms with E-state index in [1.807, 2.05) is 6.26 Å². The smallest absolute Gasteiger partial charge is 0.122 e. The molecule has 19 heavy (non-hydrogen) atoms. The molecule has 0 aromatic carbocycles. The summed E-state index contributed by atoms with van der Waals surface area (Å²) in [6.45, 7) is 5.06. The van der Waals surface area contributed by atoms with Gasteiger partial charge in [0, 0.05) is 31.8 Å². The van der Waals surface area contributed by atoms with Crippen molar-refractivity contribution in [1.29, 1.82) is 0 Å². The van der Waals surface area contributed by atoms with Gasteiger partial charge in [0.25, 0.3) is 0 Å². The molecule has 1 saturated heterocycles. The normalized spacial score (nSPS) is 24.2. The minimum Gasteiger partial charge on any atom is -0.468 e. The highest BCUT2D eigenvalue weighted by Gasteiger charge is 2.24. The first kappa shape index (κ1) is 13.2. The summed E-state index contributed by atoms with van der Waals surface area (Å²) in [5.74, 6) is 1.82. The molecule has 0 spiro atoms. The number of hydrogen-bond donors (Lipinski definition) is 1. The molecule has 2 heterocycles. The van der Waals surface area contributed by atoms with E-state index in [9.17, 15) is 0 Å². The molecule has 4 nitrogen and oxygen atoms in total. The molecule has 1 saturated carbocycles. The van der Waals surface area contributed by atoms with Crippen LogP contribution in [0.1, 0.15) is 30.6 Å². The van der Waals surface area contributed by atoms with Gasteiger partial charge in [-0.05, 0) is 37.8 Å². The summed E-state index contributed by atoms with van der Waals surface area (Å²) in [4.78, 5) is 2.48. The summed E-state index contributed by atoms with van der Waals surface area (Å²) in [6.07, 6.45) is 5.72. The maximum absolute atomic E-state index is 5.66. The Morgan fingerprint density at radius 3 is 3.11 bits per heavy atom. The van der Waals surface area contributed by atoms with Crippen molar-refractivity contribution in [2.75, 3.05) is 26.8 Å². The predicted octanol–water partition coefficient (Wildman–Crippen LogP) is 2.00. The molecule has 1 aliphatic heterocycles. The fraction of sp³-hybridized carbons (Fsp3) is 0.733. The van der Waals surface area contributed by atoms with Crippen LogP contribution in [0.5, 0.6) is 0 Å². The Kier molecular flexibility index (Phi) is 4.21. The molecule has 106 valence electrons. The molecule has 2 aliphatic rings. The van der Waals surface area contributed by atoms with Gasteiger partial charge in [0.05, 0.1) is 19.4 Å². The second-order valence-corrected chi connectivity index (χ2v) is 5.87. The van der Waals surface area contributed by atoms with Crippen LogP contribution in [0.15, 0.2) is 16.7 Å². The van der Waals surface area contributed by atoms with Crippen LogP contribution in [-0.4, -0.2) is 37.7 Å². The van der Waals surface area contributed by atoms with Crippen LogP contribution < -0.4 is 5.32 Å². The minimum atomic E-state index is 0.688. The van der Waals surface area contributed by atoms with Gasteiger partial charge in [-0.3, -0.25) is 4.90 Å². The average Bonchev–Trinajstić information content (AvgIpc) is 2.97. The van der Waals surface area contributed by atoms with Gasteiger partial charge < -0.3 is 14.5 Å². The summed E-state index contributed by atoms with van der Waals surface area (Å²) >= 11 is 0. The van der Waals surface area contributed by atoms with E-state index in [0.29, 0.717) is 5.92 Å². The van der Waals surface area contributed by atoms with E-state index in [-0.39, 0.29) is 0 Å². The highest BCUT2D eigenvalue weighted by molar-refractivity contribution is 5.17. The van der Waals surface area contributed by atoms with E-state index < -0.39 is 0 Å². The van der Waals surface area contributed by atoms with Crippen LogP contribution in [0.2, 0.25) is 0 Å². The topological polar surface area (TPSA) is 37.6 Å². The number of methoxy groups -OCH3 is 1. The van der Waals surface area contributed by atoms with Gasteiger partial charge >= 0.3 is 0 Å². The van der Waals surface area contributed by atoms with E-state index in [4.69, 9.17) is 9.15 Å². The predicted molar refractivity (Wildman–Crippen MR) is 73.8 cm³/mol. The second-order valence-electron chi connectivity index (χ2n) is 5.87. The fourth-order valence-corrected chi connectivity index (χ4v) is 2.84. The molecule has 1 atom stereocenters. The van der Waals surface area contributed by atoms with Crippen LogP contribution in [-0.2, 0) is 17.8 Å². The average molecular weight is 264 g/mol. The lowest BCUT2D eigenvalue weighted by Gasteiger charge is -2.15. The van der Waals surface area contributed by atoms with E-state index >= 15 is 0 Å². The zero-order valence-electron chi connectivity index (χ0n) is 11.7. The van der Waals surface area contributed by atoms with Crippen LogP contribution in [0.25, 0.3) is 0 Å². The van der Waals surface area contributed by atoms with E-state index in [1.165, 1.54) is 24.8 Å². The van der Waals surface area contributed by atoms with Gasteiger partial charge in [0.15, 0.2) is 0 Å². The van der Waals surface area contributed by atoms with Gasteiger partial charge in [-0.2, -0.15) is 0 Å². The standard InChI is InChI=1S/C15H24N2O2/c1-18-11-12-4-6-17(9-12)10-15-13(5-7-19-15)8-16-14-2-3-14/h5,7,12,14,16H,2-4,6,8-11H2,1H3. The van der Waals surface area contributed by atoms with Gasteiger partial charge in [-0.1, -0.05) is 0 Å². The monoisotopic (exact) mass is 264 g/mol. The van der Waals surface area contributed by atoms with Crippen molar-refractivity contribution in [1.82, 2.24) is 10.2 Å². The van der Waals surface area contributed by atoms with Crippen molar-refractivity contribution in [3.8, 4) is 0 Å². The van der Waals surface area contributed by atoms with Crippen molar-refractivity contribution >= 4 is 0 Å². The maximum Gasteiger partial charge on any atom is 0.122 e. The van der Waals surface area contributed by atoms with Crippen molar-refractivity contribution in [2.24, 2.45) is 5.92 Å². The third-order valence-corrected chi connectivity index (χ3v) is 4.14. The SMILES string of the molecule is COCC1CCN(Cc2occc2CNC2CC2)C1. The largest absolute Gasteiger partial charge is 0.468 e. The zero-order chi connectivity index (χ0) is 13.1. The Bertz CT molecular complexity index is 401. The Hall–Kier alpha value is -0.840. The first-order valence-electron chi connectivity index (χ1n) is 7.35. The summed E-state index contributed by atoms with van der Waals surface area (Å²) in [5, 5.41) is 3.55. The molecule has 3 rings (SSSR count). The summed E-state index contributed by atoms with van der Waals surface area (Å²) < 4.78 is 10.9. The zero-order valence-corrected chi connectivity index (χ0v) is 11.7. The highest BCUT2D eigenvalue weighted by Crippen LogP contribution is 2.23. The lowest BCUT2D eigenvalue weighted by Crippen LogP contribution is -2.22. The number of rotatable bonds is 7. The first-order valence-corrected chi connectivity index (χ1v) is 7.35. The number of furan rings is 1. The Labute approximate surface area is 115 Å². The Balaban J connectivity index is 1.50.